The van der Waals surface area contributed by atoms with Crippen LogP contribution in [0.4, 0.5) is 5.69 Å². The van der Waals surface area contributed by atoms with Gasteiger partial charge in [-0.25, -0.2) is 0 Å². The summed E-state index contributed by atoms with van der Waals surface area (Å²) in [7, 11) is 1.78. The van der Waals surface area contributed by atoms with Crippen LogP contribution >= 0.6 is 0 Å². The highest BCUT2D eigenvalue weighted by Crippen LogP contribution is 2.21. The minimum absolute atomic E-state index is 0.0224. The van der Waals surface area contributed by atoms with Crippen LogP contribution in [0.2, 0.25) is 0 Å². The molecule has 0 amide bonds. The molecular formula is C14H14N4O. The SMILES string of the molecule is Cn1c(=O)cc(NCc2ccn[nH]2)c2ccccc21. The number of rotatable bonds is 3. The molecule has 3 aromatic rings. The molecule has 0 aliphatic rings. The van der Waals surface area contributed by atoms with E-state index in [1.165, 1.54) is 0 Å². The van der Waals surface area contributed by atoms with E-state index in [2.05, 4.69) is 15.5 Å². The Kier molecular flexibility index (Phi) is 2.79. The van der Waals surface area contributed by atoms with Crippen LogP contribution in [0.25, 0.3) is 10.9 Å². The van der Waals surface area contributed by atoms with Gasteiger partial charge in [-0.2, -0.15) is 5.10 Å². The van der Waals surface area contributed by atoms with Gasteiger partial charge in [-0.1, -0.05) is 18.2 Å². The molecule has 1 aromatic carbocycles. The van der Waals surface area contributed by atoms with Crippen molar-refractivity contribution in [3.05, 3.63) is 58.6 Å². The van der Waals surface area contributed by atoms with E-state index in [1.54, 1.807) is 23.9 Å². The molecule has 96 valence electrons. The van der Waals surface area contributed by atoms with Gasteiger partial charge in [-0.3, -0.25) is 9.89 Å². The minimum Gasteiger partial charge on any atom is -0.379 e. The number of nitrogens with zero attached hydrogens (tertiary/aromatic N) is 2. The van der Waals surface area contributed by atoms with E-state index >= 15 is 0 Å². The van der Waals surface area contributed by atoms with E-state index in [-0.39, 0.29) is 5.56 Å². The minimum atomic E-state index is -0.0224. The summed E-state index contributed by atoms with van der Waals surface area (Å²) in [5.74, 6) is 0. The molecule has 0 fully saturated rings. The zero-order valence-electron chi connectivity index (χ0n) is 10.6. The first-order valence-electron chi connectivity index (χ1n) is 6.06. The van der Waals surface area contributed by atoms with Crippen LogP contribution < -0.4 is 10.9 Å². The molecule has 0 aliphatic carbocycles. The van der Waals surface area contributed by atoms with Crippen molar-refractivity contribution in [2.45, 2.75) is 6.54 Å². The fourth-order valence-electron chi connectivity index (χ4n) is 2.13. The number of hydrogen-bond acceptors (Lipinski definition) is 3. The fraction of sp³-hybridized carbons (Fsp3) is 0.143. The normalized spacial score (nSPS) is 10.8. The Balaban J connectivity index is 2.03. The molecule has 0 unspecified atom stereocenters. The van der Waals surface area contributed by atoms with Crippen molar-refractivity contribution >= 4 is 16.6 Å². The van der Waals surface area contributed by atoms with Gasteiger partial charge < -0.3 is 9.88 Å². The Morgan fingerprint density at radius 3 is 2.95 bits per heavy atom. The number of anilines is 1. The maximum atomic E-state index is 11.9. The molecule has 5 nitrogen and oxygen atoms in total. The Bertz CT molecular complexity index is 759. The monoisotopic (exact) mass is 254 g/mol. The highest BCUT2D eigenvalue weighted by molar-refractivity contribution is 5.91. The van der Waals surface area contributed by atoms with Gasteiger partial charge >= 0.3 is 0 Å². The lowest BCUT2D eigenvalue weighted by Crippen LogP contribution is -2.17. The molecule has 0 saturated heterocycles. The van der Waals surface area contributed by atoms with Crippen LogP contribution in [0.5, 0.6) is 0 Å². The van der Waals surface area contributed by atoms with Gasteiger partial charge in [0.1, 0.15) is 0 Å². The number of aromatic nitrogens is 3. The third-order valence-electron chi connectivity index (χ3n) is 3.18. The van der Waals surface area contributed by atoms with Gasteiger partial charge in [-0.15, -0.1) is 0 Å². The van der Waals surface area contributed by atoms with Gasteiger partial charge in [0.15, 0.2) is 0 Å². The quantitative estimate of drug-likeness (QED) is 0.750. The molecule has 2 aromatic heterocycles. The van der Waals surface area contributed by atoms with Crippen LogP contribution in [-0.4, -0.2) is 14.8 Å². The Labute approximate surface area is 109 Å². The average molecular weight is 254 g/mol. The molecule has 0 saturated carbocycles. The van der Waals surface area contributed by atoms with Crippen molar-refractivity contribution in [2.24, 2.45) is 7.05 Å². The summed E-state index contributed by atoms with van der Waals surface area (Å²) >= 11 is 0. The summed E-state index contributed by atoms with van der Waals surface area (Å²) < 4.78 is 1.65. The molecule has 0 radical (unpaired) electrons. The lowest BCUT2D eigenvalue weighted by atomic mass is 10.2. The van der Waals surface area contributed by atoms with Gasteiger partial charge in [-0.05, 0) is 12.1 Å². The second-order valence-electron chi connectivity index (χ2n) is 4.41. The third kappa shape index (κ3) is 2.10. The number of aromatic amines is 1. The summed E-state index contributed by atoms with van der Waals surface area (Å²) in [4.78, 5) is 11.9. The first-order chi connectivity index (χ1) is 9.25. The first kappa shape index (κ1) is 11.5. The number of nitrogens with one attached hydrogen (secondary N) is 2. The summed E-state index contributed by atoms with van der Waals surface area (Å²) in [6, 6.07) is 11.4. The summed E-state index contributed by atoms with van der Waals surface area (Å²) in [5.41, 5.74) is 2.71. The van der Waals surface area contributed by atoms with Gasteiger partial charge in [0.2, 0.25) is 0 Å². The van der Waals surface area contributed by atoms with Crippen LogP contribution in [0.15, 0.2) is 47.4 Å². The second kappa shape index (κ2) is 4.61. The number of fused-ring (bicyclic) bond motifs is 1. The Morgan fingerprint density at radius 2 is 2.16 bits per heavy atom. The predicted octanol–water partition coefficient (Wildman–Crippen LogP) is 1.87. The summed E-state index contributed by atoms with van der Waals surface area (Å²) in [6.07, 6.45) is 1.71. The van der Waals surface area contributed by atoms with Crippen molar-refractivity contribution in [2.75, 3.05) is 5.32 Å². The Morgan fingerprint density at radius 1 is 1.32 bits per heavy atom. The molecule has 2 heterocycles. The van der Waals surface area contributed by atoms with Crippen molar-refractivity contribution in [1.29, 1.82) is 0 Å². The molecule has 0 bridgehead atoms. The maximum absolute atomic E-state index is 11.9. The lowest BCUT2D eigenvalue weighted by molar-refractivity contribution is 0.904. The zero-order valence-corrected chi connectivity index (χ0v) is 10.6. The topological polar surface area (TPSA) is 62.7 Å². The summed E-state index contributed by atoms with van der Waals surface area (Å²) in [6.45, 7) is 0.608. The van der Waals surface area contributed by atoms with E-state index in [4.69, 9.17) is 0 Å². The standard InChI is InChI=1S/C14H14N4O/c1-18-13-5-3-2-4-11(13)12(8-14(18)19)15-9-10-6-7-16-17-10/h2-8,15H,9H2,1H3,(H,16,17). The van der Waals surface area contributed by atoms with Gasteiger partial charge in [0.25, 0.3) is 5.56 Å². The molecule has 0 atom stereocenters. The van der Waals surface area contributed by atoms with E-state index in [1.807, 2.05) is 30.3 Å². The molecule has 5 heteroatoms. The van der Waals surface area contributed by atoms with Crippen molar-refractivity contribution in [3.63, 3.8) is 0 Å². The molecule has 19 heavy (non-hydrogen) atoms. The van der Waals surface area contributed by atoms with E-state index in [0.29, 0.717) is 6.54 Å². The van der Waals surface area contributed by atoms with Crippen LogP contribution in [-0.2, 0) is 13.6 Å². The molecule has 0 aliphatic heterocycles. The molecule has 3 rings (SSSR count). The van der Waals surface area contributed by atoms with E-state index < -0.39 is 0 Å². The number of H-pyrrole nitrogens is 1. The average Bonchev–Trinajstić information content (AvgIpc) is 2.95. The number of hydrogen-bond donors (Lipinski definition) is 2. The highest BCUT2D eigenvalue weighted by atomic mass is 16.1. The maximum Gasteiger partial charge on any atom is 0.252 e. The zero-order chi connectivity index (χ0) is 13.2. The largest absolute Gasteiger partial charge is 0.379 e. The van der Waals surface area contributed by atoms with Crippen LogP contribution in [0.3, 0.4) is 0 Å². The van der Waals surface area contributed by atoms with Crippen molar-refractivity contribution < 1.29 is 0 Å². The number of aryl methyl sites for hydroxylation is 1. The predicted molar refractivity (Wildman–Crippen MR) is 75.1 cm³/mol. The molecular weight excluding hydrogens is 240 g/mol. The fourth-order valence-corrected chi connectivity index (χ4v) is 2.13. The van der Waals surface area contributed by atoms with Crippen molar-refractivity contribution in [3.8, 4) is 0 Å². The van der Waals surface area contributed by atoms with Gasteiger partial charge in [0.05, 0.1) is 17.8 Å². The number of benzene rings is 1. The Hall–Kier alpha value is -2.56. The number of pyridine rings is 1. The molecule has 2 N–H and O–H groups in total. The summed E-state index contributed by atoms with van der Waals surface area (Å²) in [5, 5.41) is 11.1. The van der Waals surface area contributed by atoms with Crippen LogP contribution in [0.1, 0.15) is 5.69 Å². The highest BCUT2D eigenvalue weighted by Gasteiger charge is 2.05. The lowest BCUT2D eigenvalue weighted by Gasteiger charge is -2.11. The number of para-hydroxylation sites is 1. The van der Waals surface area contributed by atoms with Crippen molar-refractivity contribution in [1.82, 2.24) is 14.8 Å². The van der Waals surface area contributed by atoms with E-state index in [9.17, 15) is 4.79 Å². The van der Waals surface area contributed by atoms with E-state index in [0.717, 1.165) is 22.3 Å². The second-order valence-corrected chi connectivity index (χ2v) is 4.41. The first-order valence-corrected chi connectivity index (χ1v) is 6.06. The van der Waals surface area contributed by atoms with Gasteiger partial charge in [0, 0.05) is 30.4 Å². The third-order valence-corrected chi connectivity index (χ3v) is 3.18. The van der Waals surface area contributed by atoms with Crippen LogP contribution in [0, 0.1) is 0 Å². The smallest absolute Gasteiger partial charge is 0.252 e. The molecule has 0 spiro atoms.